The topological polar surface area (TPSA) is 50.3 Å². The number of hydrogen-bond donors (Lipinski definition) is 0. The lowest BCUT2D eigenvalue weighted by molar-refractivity contribution is 0.396. The summed E-state index contributed by atoms with van der Waals surface area (Å²) in [6, 6.07) is 14.9. The summed E-state index contributed by atoms with van der Waals surface area (Å²) in [5.41, 5.74) is 2.00. The minimum Gasteiger partial charge on any atom is -0.239 e. The minimum atomic E-state index is -3.49. The van der Waals surface area contributed by atoms with Gasteiger partial charge in [-0.3, -0.25) is 0 Å². The van der Waals surface area contributed by atoms with E-state index in [4.69, 9.17) is 0 Å². The summed E-state index contributed by atoms with van der Waals surface area (Å²) in [5.74, 6) is 0. The molecule has 0 radical (unpaired) electrons. The number of aryl methyl sites for hydroxylation is 1. The predicted molar refractivity (Wildman–Crippen MR) is 96.7 cm³/mol. The Balaban J connectivity index is 1.73. The van der Waals surface area contributed by atoms with E-state index in [1.807, 2.05) is 43.3 Å². The second-order valence-electron chi connectivity index (χ2n) is 6.11. The Labute approximate surface area is 145 Å². The Morgan fingerprint density at radius 1 is 1.12 bits per heavy atom. The van der Waals surface area contributed by atoms with Gasteiger partial charge in [0.1, 0.15) is 5.01 Å². The average molecular weight is 358 g/mol. The zero-order valence-electron chi connectivity index (χ0n) is 13.3. The number of sulfonamides is 1. The van der Waals surface area contributed by atoms with Crippen LogP contribution in [0.3, 0.4) is 0 Å². The molecule has 0 saturated carbocycles. The van der Waals surface area contributed by atoms with Crippen molar-refractivity contribution in [1.29, 1.82) is 0 Å². The van der Waals surface area contributed by atoms with Crippen LogP contribution < -0.4 is 0 Å². The molecule has 1 atom stereocenters. The van der Waals surface area contributed by atoms with Crippen molar-refractivity contribution in [2.24, 2.45) is 0 Å². The van der Waals surface area contributed by atoms with E-state index in [-0.39, 0.29) is 6.04 Å². The average Bonchev–Trinajstić information content (AvgIpc) is 3.22. The molecule has 0 amide bonds. The number of thiazole rings is 1. The molecule has 1 aliphatic heterocycles. The molecule has 0 aliphatic carbocycles. The molecule has 0 bridgehead atoms. The summed E-state index contributed by atoms with van der Waals surface area (Å²) in [5, 5.41) is 0.893. The highest BCUT2D eigenvalue weighted by molar-refractivity contribution is 7.89. The molecular formula is C18H18N2O2S2. The minimum absolute atomic E-state index is 0.159. The number of para-hydroxylation sites is 1. The number of fused-ring (bicyclic) bond motifs is 1. The maximum absolute atomic E-state index is 13.0. The fourth-order valence-corrected chi connectivity index (χ4v) is 6.00. The fourth-order valence-electron chi connectivity index (χ4n) is 3.15. The lowest BCUT2D eigenvalue weighted by Crippen LogP contribution is -2.30. The fraction of sp³-hybridized carbons (Fsp3) is 0.278. The Morgan fingerprint density at radius 2 is 1.88 bits per heavy atom. The second-order valence-corrected chi connectivity index (χ2v) is 9.06. The lowest BCUT2D eigenvalue weighted by atomic mass is 10.2. The summed E-state index contributed by atoms with van der Waals surface area (Å²) < 4.78 is 28.8. The third kappa shape index (κ3) is 2.64. The van der Waals surface area contributed by atoms with Gasteiger partial charge in [0.15, 0.2) is 0 Å². The predicted octanol–water partition coefficient (Wildman–Crippen LogP) is 4.13. The number of nitrogens with zero attached hydrogens (tertiary/aromatic N) is 2. The van der Waals surface area contributed by atoms with Crippen LogP contribution in [0.4, 0.5) is 0 Å². The van der Waals surface area contributed by atoms with Gasteiger partial charge in [0.05, 0.1) is 21.2 Å². The van der Waals surface area contributed by atoms with Crippen molar-refractivity contribution in [2.45, 2.75) is 30.7 Å². The van der Waals surface area contributed by atoms with Crippen LogP contribution in [0.2, 0.25) is 0 Å². The Kier molecular flexibility index (Phi) is 3.90. The molecule has 1 saturated heterocycles. The van der Waals surface area contributed by atoms with Crippen LogP contribution in [-0.4, -0.2) is 24.3 Å². The molecule has 3 aromatic rings. The molecule has 1 aliphatic rings. The van der Waals surface area contributed by atoms with Crippen LogP contribution in [0.5, 0.6) is 0 Å². The van der Waals surface area contributed by atoms with Crippen LogP contribution in [0.15, 0.2) is 53.4 Å². The van der Waals surface area contributed by atoms with E-state index in [0.717, 1.165) is 33.6 Å². The van der Waals surface area contributed by atoms with Crippen molar-refractivity contribution in [3.63, 3.8) is 0 Å². The molecule has 1 aromatic heterocycles. The molecule has 0 N–H and O–H groups in total. The largest absolute Gasteiger partial charge is 0.243 e. The lowest BCUT2D eigenvalue weighted by Gasteiger charge is -2.22. The van der Waals surface area contributed by atoms with E-state index in [2.05, 4.69) is 4.98 Å². The molecule has 4 rings (SSSR count). The molecule has 4 nitrogen and oxygen atoms in total. The van der Waals surface area contributed by atoms with Gasteiger partial charge in [0, 0.05) is 6.54 Å². The first-order valence-corrected chi connectivity index (χ1v) is 10.3. The molecule has 6 heteroatoms. The van der Waals surface area contributed by atoms with Gasteiger partial charge in [-0.05, 0) is 44.0 Å². The van der Waals surface area contributed by atoms with Crippen molar-refractivity contribution in [3.8, 4) is 0 Å². The maximum Gasteiger partial charge on any atom is 0.243 e. The third-order valence-electron chi connectivity index (χ3n) is 4.43. The number of rotatable bonds is 3. The molecule has 2 heterocycles. The van der Waals surface area contributed by atoms with Crippen molar-refractivity contribution in [3.05, 3.63) is 59.1 Å². The molecule has 0 spiro atoms. The summed E-state index contributed by atoms with van der Waals surface area (Å²) >= 11 is 1.59. The van der Waals surface area contributed by atoms with Crippen molar-refractivity contribution >= 4 is 31.6 Å². The normalized spacial score (nSPS) is 19.1. The summed E-state index contributed by atoms with van der Waals surface area (Å²) in [4.78, 5) is 5.04. The number of hydrogen-bond acceptors (Lipinski definition) is 4. The van der Waals surface area contributed by atoms with E-state index in [0.29, 0.717) is 11.4 Å². The van der Waals surface area contributed by atoms with E-state index in [1.165, 1.54) is 0 Å². The summed E-state index contributed by atoms with van der Waals surface area (Å²) in [7, 11) is -3.49. The number of aromatic nitrogens is 1. The van der Waals surface area contributed by atoms with E-state index in [9.17, 15) is 8.42 Å². The van der Waals surface area contributed by atoms with Crippen molar-refractivity contribution in [1.82, 2.24) is 9.29 Å². The monoisotopic (exact) mass is 358 g/mol. The van der Waals surface area contributed by atoms with Crippen LogP contribution in [0.1, 0.15) is 29.5 Å². The van der Waals surface area contributed by atoms with Crippen molar-refractivity contribution < 1.29 is 8.42 Å². The van der Waals surface area contributed by atoms with Crippen molar-refractivity contribution in [2.75, 3.05) is 6.54 Å². The van der Waals surface area contributed by atoms with Gasteiger partial charge >= 0.3 is 0 Å². The second kappa shape index (κ2) is 5.95. The van der Waals surface area contributed by atoms with Gasteiger partial charge in [0.25, 0.3) is 0 Å². The van der Waals surface area contributed by atoms with Gasteiger partial charge in [-0.25, -0.2) is 13.4 Å². The zero-order valence-corrected chi connectivity index (χ0v) is 15.0. The van der Waals surface area contributed by atoms with Crippen LogP contribution >= 0.6 is 11.3 Å². The SMILES string of the molecule is Cc1ccc(S(=O)(=O)N2CCC[C@@H]2c2nc3ccccc3s2)cc1. The highest BCUT2D eigenvalue weighted by atomic mass is 32.2. The number of benzene rings is 2. The Hall–Kier alpha value is -1.76. The van der Waals surface area contributed by atoms with Crippen LogP contribution in [0.25, 0.3) is 10.2 Å². The third-order valence-corrected chi connectivity index (χ3v) is 7.49. The van der Waals surface area contributed by atoms with Gasteiger partial charge in [-0.15, -0.1) is 11.3 Å². The quantitative estimate of drug-likeness (QED) is 0.707. The molecule has 1 fully saturated rings. The van der Waals surface area contributed by atoms with Gasteiger partial charge in [-0.1, -0.05) is 29.8 Å². The smallest absolute Gasteiger partial charge is 0.239 e. The first-order valence-electron chi connectivity index (χ1n) is 8.00. The molecule has 24 heavy (non-hydrogen) atoms. The first-order chi connectivity index (χ1) is 11.6. The van der Waals surface area contributed by atoms with Crippen LogP contribution in [0, 0.1) is 6.92 Å². The Bertz CT molecular complexity index is 945. The molecule has 2 aromatic carbocycles. The first kappa shape index (κ1) is 15.7. The zero-order chi connectivity index (χ0) is 16.7. The highest BCUT2D eigenvalue weighted by Crippen LogP contribution is 2.39. The van der Waals surface area contributed by atoms with E-state index >= 15 is 0 Å². The molecule has 0 unspecified atom stereocenters. The maximum atomic E-state index is 13.0. The Morgan fingerprint density at radius 3 is 2.62 bits per heavy atom. The summed E-state index contributed by atoms with van der Waals surface area (Å²) in [6.07, 6.45) is 1.69. The highest BCUT2D eigenvalue weighted by Gasteiger charge is 2.37. The van der Waals surface area contributed by atoms with Gasteiger partial charge < -0.3 is 0 Å². The van der Waals surface area contributed by atoms with Crippen LogP contribution in [-0.2, 0) is 10.0 Å². The van der Waals surface area contributed by atoms with Gasteiger partial charge in [-0.2, -0.15) is 4.31 Å². The van der Waals surface area contributed by atoms with E-state index in [1.54, 1.807) is 27.8 Å². The summed E-state index contributed by atoms with van der Waals surface area (Å²) in [6.45, 7) is 2.51. The van der Waals surface area contributed by atoms with E-state index < -0.39 is 10.0 Å². The molecule has 124 valence electrons. The molecular weight excluding hydrogens is 340 g/mol. The van der Waals surface area contributed by atoms with Gasteiger partial charge in [0.2, 0.25) is 10.0 Å². The standard InChI is InChI=1S/C18H18N2O2S2/c1-13-8-10-14(11-9-13)24(21,22)20-12-4-6-16(20)18-19-15-5-2-3-7-17(15)23-18/h2-3,5,7-11,16H,4,6,12H2,1H3/t16-/m1/s1.